The molecule has 0 unspecified atom stereocenters. The molecule has 0 saturated carbocycles. The molecule has 0 spiro atoms. The molecule has 1 aromatic heterocycles. The maximum atomic E-state index is 12.9. The van der Waals surface area contributed by atoms with Crippen molar-refractivity contribution < 1.29 is 41.0 Å². The molecule has 8 nitrogen and oxygen atoms in total. The van der Waals surface area contributed by atoms with E-state index in [0.717, 1.165) is 12.1 Å². The smallest absolute Gasteiger partial charge is 0.475 e. The number of primary amides is 1. The summed E-state index contributed by atoms with van der Waals surface area (Å²) in [5, 5.41) is 19.3. The van der Waals surface area contributed by atoms with Crippen molar-refractivity contribution in [1.29, 1.82) is 5.26 Å². The lowest BCUT2D eigenvalue weighted by Gasteiger charge is -2.10. The van der Waals surface area contributed by atoms with Crippen molar-refractivity contribution in [2.75, 3.05) is 13.1 Å². The number of alkyl halides is 6. The molecule has 0 aliphatic heterocycles. The molecule has 0 fully saturated rings. The van der Waals surface area contributed by atoms with Gasteiger partial charge in [-0.2, -0.15) is 31.6 Å². The maximum absolute atomic E-state index is 12.9. The third-order valence-electron chi connectivity index (χ3n) is 3.94. The summed E-state index contributed by atoms with van der Waals surface area (Å²) in [4.78, 5) is 27.7. The standard InChI is InChI=1S/C18H18F3N5O.C2HF3O2/c19-18(20,21)13-4-1-3-12(9-13)15-10-14(25-17(11-22)26-15)5-2-7-24-8-6-16(23)27;3-2(4,5)1(6)7/h1,3-4,9-10,24H,2,5-8H2,(H2,23,27);(H,6,7). The molecule has 2 aromatic rings. The molecule has 0 aliphatic rings. The lowest BCUT2D eigenvalue weighted by atomic mass is 10.1. The number of hydrogen-bond donors (Lipinski definition) is 3. The minimum atomic E-state index is -5.08. The number of nitrogens with one attached hydrogen (secondary N) is 1. The quantitative estimate of drug-likeness (QED) is 0.381. The fourth-order valence-electron chi connectivity index (χ4n) is 2.41. The van der Waals surface area contributed by atoms with E-state index in [-0.39, 0.29) is 29.4 Å². The number of benzene rings is 1. The van der Waals surface area contributed by atoms with Gasteiger partial charge in [0.1, 0.15) is 6.07 Å². The molecule has 14 heteroatoms. The van der Waals surface area contributed by atoms with Gasteiger partial charge < -0.3 is 16.2 Å². The average Bonchev–Trinajstić information content (AvgIpc) is 2.75. The van der Waals surface area contributed by atoms with Gasteiger partial charge in [0.15, 0.2) is 0 Å². The highest BCUT2D eigenvalue weighted by atomic mass is 19.4. The van der Waals surface area contributed by atoms with E-state index in [1.807, 2.05) is 6.07 Å². The number of aryl methyl sites for hydroxylation is 1. The molecule has 0 radical (unpaired) electrons. The number of carboxylic acid groups (broad SMARTS) is 1. The van der Waals surface area contributed by atoms with E-state index >= 15 is 0 Å². The number of nitriles is 1. The van der Waals surface area contributed by atoms with Crippen LogP contribution in [0.15, 0.2) is 30.3 Å². The summed E-state index contributed by atoms with van der Waals surface area (Å²) in [5.74, 6) is -3.24. The summed E-state index contributed by atoms with van der Waals surface area (Å²) >= 11 is 0. The zero-order valence-corrected chi connectivity index (χ0v) is 17.4. The molecule has 4 N–H and O–H groups in total. The Morgan fingerprint density at radius 3 is 2.26 bits per heavy atom. The lowest BCUT2D eigenvalue weighted by Crippen LogP contribution is -2.23. The van der Waals surface area contributed by atoms with Crippen molar-refractivity contribution in [3.05, 3.63) is 47.4 Å². The second-order valence-corrected chi connectivity index (χ2v) is 6.63. The SMILES string of the molecule is N#Cc1nc(CCCNCCC(N)=O)cc(-c2cccc(C(F)(F)F)c2)n1.O=C(O)C(F)(F)F. The second kappa shape index (κ2) is 12.5. The van der Waals surface area contributed by atoms with E-state index in [0.29, 0.717) is 31.6 Å². The van der Waals surface area contributed by atoms with Gasteiger partial charge in [-0.05, 0) is 37.6 Å². The van der Waals surface area contributed by atoms with Crippen molar-refractivity contribution >= 4 is 11.9 Å². The van der Waals surface area contributed by atoms with Crippen LogP contribution >= 0.6 is 0 Å². The number of nitrogens with two attached hydrogens (primary N) is 1. The van der Waals surface area contributed by atoms with Gasteiger partial charge in [0.05, 0.1) is 11.3 Å². The molecule has 2 rings (SSSR count). The summed E-state index contributed by atoms with van der Waals surface area (Å²) in [6, 6.07) is 8.20. The molecule has 0 atom stereocenters. The van der Waals surface area contributed by atoms with Gasteiger partial charge in [0.25, 0.3) is 0 Å². The normalized spacial score (nSPS) is 11.2. The van der Waals surface area contributed by atoms with Crippen LogP contribution in [-0.4, -0.2) is 46.2 Å². The molecular weight excluding hydrogens is 472 g/mol. The first-order chi connectivity index (χ1) is 15.7. The minimum Gasteiger partial charge on any atom is -0.475 e. The Balaban J connectivity index is 0.000000718. The second-order valence-electron chi connectivity index (χ2n) is 6.63. The molecule has 1 heterocycles. The summed E-state index contributed by atoms with van der Waals surface area (Å²) in [7, 11) is 0. The van der Waals surface area contributed by atoms with E-state index in [4.69, 9.17) is 20.9 Å². The zero-order valence-electron chi connectivity index (χ0n) is 17.4. The van der Waals surface area contributed by atoms with Crippen LogP contribution in [-0.2, 0) is 22.2 Å². The van der Waals surface area contributed by atoms with Gasteiger partial charge in [-0.1, -0.05) is 12.1 Å². The van der Waals surface area contributed by atoms with Crippen LogP contribution in [0.1, 0.15) is 29.9 Å². The highest BCUT2D eigenvalue weighted by Gasteiger charge is 2.38. The van der Waals surface area contributed by atoms with Crippen LogP contribution in [0, 0.1) is 11.3 Å². The Morgan fingerprint density at radius 1 is 1.09 bits per heavy atom. The van der Waals surface area contributed by atoms with Gasteiger partial charge in [0.2, 0.25) is 11.7 Å². The van der Waals surface area contributed by atoms with Crippen molar-refractivity contribution in [2.45, 2.75) is 31.6 Å². The number of carboxylic acids is 1. The van der Waals surface area contributed by atoms with Crippen molar-refractivity contribution in [3.63, 3.8) is 0 Å². The van der Waals surface area contributed by atoms with Crippen LogP contribution in [0.3, 0.4) is 0 Å². The number of rotatable bonds is 8. The molecular formula is C20H19F6N5O3. The van der Waals surface area contributed by atoms with E-state index in [1.54, 1.807) is 6.07 Å². The molecule has 1 amide bonds. The van der Waals surface area contributed by atoms with Crippen LogP contribution < -0.4 is 11.1 Å². The van der Waals surface area contributed by atoms with Crippen molar-refractivity contribution in [3.8, 4) is 17.3 Å². The predicted octanol–water partition coefficient (Wildman–Crippen LogP) is 3.06. The first-order valence-electron chi connectivity index (χ1n) is 9.49. The van der Waals surface area contributed by atoms with Crippen LogP contribution in [0.5, 0.6) is 0 Å². The number of aromatic nitrogens is 2. The topological polar surface area (TPSA) is 142 Å². The number of nitrogens with zero attached hydrogens (tertiary/aromatic N) is 3. The maximum Gasteiger partial charge on any atom is 0.490 e. The lowest BCUT2D eigenvalue weighted by molar-refractivity contribution is -0.192. The Kier molecular flexibility index (Phi) is 10.4. The highest BCUT2D eigenvalue weighted by molar-refractivity contribution is 5.74. The highest BCUT2D eigenvalue weighted by Crippen LogP contribution is 2.31. The predicted molar refractivity (Wildman–Crippen MR) is 106 cm³/mol. The number of carbonyl (C=O) groups excluding carboxylic acids is 1. The first-order valence-corrected chi connectivity index (χ1v) is 9.49. The average molecular weight is 491 g/mol. The molecule has 1 aromatic carbocycles. The van der Waals surface area contributed by atoms with Crippen molar-refractivity contribution in [1.82, 2.24) is 15.3 Å². The summed E-state index contributed by atoms with van der Waals surface area (Å²) < 4.78 is 70.5. The Bertz CT molecular complexity index is 1030. The number of hydrogen-bond acceptors (Lipinski definition) is 6. The van der Waals surface area contributed by atoms with Gasteiger partial charge >= 0.3 is 18.3 Å². The molecule has 184 valence electrons. The Labute approximate surface area is 189 Å². The first kappa shape index (κ1) is 28.3. The van der Waals surface area contributed by atoms with Gasteiger partial charge in [-0.15, -0.1) is 0 Å². The molecule has 0 bridgehead atoms. The summed E-state index contributed by atoms with van der Waals surface area (Å²) in [6.07, 6.45) is -8.12. The fraction of sp³-hybridized carbons (Fsp3) is 0.350. The Hall–Kier alpha value is -3.73. The number of aliphatic carboxylic acids is 1. The van der Waals surface area contributed by atoms with Gasteiger partial charge in [0, 0.05) is 24.2 Å². The number of amides is 1. The third kappa shape index (κ3) is 10.3. The van der Waals surface area contributed by atoms with Gasteiger partial charge in [-0.3, -0.25) is 4.79 Å². The van der Waals surface area contributed by atoms with E-state index in [1.165, 1.54) is 12.1 Å². The number of halogens is 6. The van der Waals surface area contributed by atoms with Gasteiger partial charge in [-0.25, -0.2) is 14.8 Å². The zero-order chi connectivity index (χ0) is 25.9. The van der Waals surface area contributed by atoms with E-state index in [9.17, 15) is 31.1 Å². The van der Waals surface area contributed by atoms with E-state index < -0.39 is 23.9 Å². The van der Waals surface area contributed by atoms with E-state index in [2.05, 4.69) is 15.3 Å². The molecule has 0 aliphatic carbocycles. The monoisotopic (exact) mass is 491 g/mol. The fourth-order valence-corrected chi connectivity index (χ4v) is 2.41. The van der Waals surface area contributed by atoms with Crippen LogP contribution in [0.2, 0.25) is 0 Å². The minimum absolute atomic E-state index is 0.0957. The largest absolute Gasteiger partial charge is 0.490 e. The van der Waals surface area contributed by atoms with Crippen molar-refractivity contribution in [2.24, 2.45) is 5.73 Å². The third-order valence-corrected chi connectivity index (χ3v) is 3.94. The summed E-state index contributed by atoms with van der Waals surface area (Å²) in [5.41, 5.74) is 5.36. The van der Waals surface area contributed by atoms with Crippen LogP contribution in [0.4, 0.5) is 26.3 Å². The van der Waals surface area contributed by atoms with Crippen LogP contribution in [0.25, 0.3) is 11.3 Å². The summed E-state index contributed by atoms with van der Waals surface area (Å²) in [6.45, 7) is 1.08. The molecule has 34 heavy (non-hydrogen) atoms. The molecule has 0 saturated heterocycles. The number of carbonyl (C=O) groups is 2. The Morgan fingerprint density at radius 2 is 1.74 bits per heavy atom.